The number of aromatic nitrogens is 5. The third kappa shape index (κ3) is 10.8. The van der Waals surface area contributed by atoms with Crippen LogP contribution in [-0.4, -0.2) is 62.9 Å². The number of carbonyl (C=O) groups excluding carboxylic acids is 2. The van der Waals surface area contributed by atoms with E-state index in [0.717, 1.165) is 5.56 Å². The van der Waals surface area contributed by atoms with Crippen LogP contribution in [0.4, 0.5) is 52.0 Å². The van der Waals surface area contributed by atoms with Gasteiger partial charge in [0.25, 0.3) is 0 Å². The van der Waals surface area contributed by atoms with E-state index < -0.39 is 30.9 Å². The average molecular weight is 551 g/mol. The molecule has 0 aliphatic heterocycles. The van der Waals surface area contributed by atoms with Gasteiger partial charge >= 0.3 is 24.2 Å². The predicted octanol–water partition coefficient (Wildman–Crippen LogP) is 1.92. The molecular formula is C21H25F3N12O3. The highest BCUT2D eigenvalue weighted by atomic mass is 19.4. The minimum atomic E-state index is -4.60. The first-order valence-electron chi connectivity index (χ1n) is 11.3. The number of alkyl halides is 3. The van der Waals surface area contributed by atoms with E-state index >= 15 is 0 Å². The smallest absolute Gasteiger partial charge is 0.422 e. The number of rotatable bonds is 13. The van der Waals surface area contributed by atoms with Gasteiger partial charge in [-0.2, -0.15) is 28.1 Å². The van der Waals surface area contributed by atoms with Gasteiger partial charge in [-0.15, -0.1) is 0 Å². The van der Waals surface area contributed by atoms with Gasteiger partial charge < -0.3 is 42.8 Å². The van der Waals surface area contributed by atoms with Crippen molar-refractivity contribution in [3.8, 4) is 6.01 Å². The number of primary amides is 2. The predicted molar refractivity (Wildman–Crippen MR) is 134 cm³/mol. The molecule has 4 amide bonds. The molecule has 0 saturated heterocycles. The molecule has 0 radical (unpaired) electrons. The van der Waals surface area contributed by atoms with Crippen molar-refractivity contribution < 1.29 is 27.5 Å². The number of benzene rings is 1. The van der Waals surface area contributed by atoms with Gasteiger partial charge in [0, 0.05) is 25.3 Å². The molecule has 9 N–H and O–H groups in total. The molecule has 0 fully saturated rings. The van der Waals surface area contributed by atoms with E-state index in [1.165, 1.54) is 12.4 Å². The van der Waals surface area contributed by atoms with Crippen molar-refractivity contribution in [3.63, 3.8) is 0 Å². The molecule has 208 valence electrons. The van der Waals surface area contributed by atoms with Crippen molar-refractivity contribution in [1.29, 1.82) is 0 Å². The van der Waals surface area contributed by atoms with Crippen LogP contribution in [0.15, 0.2) is 36.7 Å². The second kappa shape index (κ2) is 13.4. The van der Waals surface area contributed by atoms with Gasteiger partial charge in [0.15, 0.2) is 6.61 Å². The lowest BCUT2D eigenvalue weighted by Gasteiger charge is -2.12. The molecule has 0 bridgehead atoms. The highest BCUT2D eigenvalue weighted by Gasteiger charge is 2.29. The van der Waals surface area contributed by atoms with E-state index in [2.05, 4.69) is 51.5 Å². The molecule has 1 aromatic carbocycles. The fourth-order valence-electron chi connectivity index (χ4n) is 2.84. The van der Waals surface area contributed by atoms with Gasteiger partial charge in [0.1, 0.15) is 0 Å². The van der Waals surface area contributed by atoms with E-state index in [0.29, 0.717) is 36.8 Å². The summed E-state index contributed by atoms with van der Waals surface area (Å²) in [4.78, 5) is 41.7. The summed E-state index contributed by atoms with van der Waals surface area (Å²) in [5.41, 5.74) is 11.6. The largest absolute Gasteiger partial charge is 0.454 e. The van der Waals surface area contributed by atoms with E-state index in [4.69, 9.17) is 16.2 Å². The third-order valence-electron chi connectivity index (χ3n) is 4.50. The summed E-state index contributed by atoms with van der Waals surface area (Å²) in [5, 5.41) is 13.5. The maximum atomic E-state index is 12.7. The number of hydrogen-bond acceptors (Lipinski definition) is 11. The molecule has 18 heteroatoms. The molecule has 3 aromatic rings. The number of ether oxygens (including phenoxy) is 1. The molecule has 2 aromatic heterocycles. The fourth-order valence-corrected chi connectivity index (χ4v) is 2.84. The average Bonchev–Trinajstić information content (AvgIpc) is 2.87. The molecule has 0 atom stereocenters. The van der Waals surface area contributed by atoms with Gasteiger partial charge in [-0.05, 0) is 24.1 Å². The summed E-state index contributed by atoms with van der Waals surface area (Å²) in [6, 6.07) is 4.76. The molecule has 2 heterocycles. The van der Waals surface area contributed by atoms with E-state index in [9.17, 15) is 22.8 Å². The number of nitrogens with zero attached hydrogens (tertiary/aromatic N) is 5. The Bertz CT molecular complexity index is 1240. The van der Waals surface area contributed by atoms with E-state index in [1.54, 1.807) is 24.3 Å². The Labute approximate surface area is 219 Å². The second-order valence-electron chi connectivity index (χ2n) is 7.70. The topological polar surface area (TPSA) is 220 Å². The van der Waals surface area contributed by atoms with Crippen molar-refractivity contribution in [2.24, 2.45) is 11.5 Å². The number of nitrogens with one attached hydrogen (secondary N) is 5. The van der Waals surface area contributed by atoms with Crippen molar-refractivity contribution >= 4 is 41.3 Å². The number of hydrogen-bond donors (Lipinski definition) is 7. The molecule has 0 aliphatic carbocycles. The first-order chi connectivity index (χ1) is 18.6. The highest BCUT2D eigenvalue weighted by Crippen LogP contribution is 2.20. The van der Waals surface area contributed by atoms with Crippen LogP contribution in [0.25, 0.3) is 0 Å². The number of urea groups is 2. The lowest BCUT2D eigenvalue weighted by atomic mass is 10.2. The zero-order chi connectivity index (χ0) is 28.3. The SMILES string of the molecule is NC(=O)NCCCNc1ncc(Nc2nc(NCc3ccc(NC(N)=O)cc3)nc(OCC(F)(F)F)n2)cn1. The highest BCUT2D eigenvalue weighted by molar-refractivity contribution is 5.87. The normalized spacial score (nSPS) is 10.8. The summed E-state index contributed by atoms with van der Waals surface area (Å²) in [7, 11) is 0. The Morgan fingerprint density at radius 2 is 1.54 bits per heavy atom. The Kier molecular flexibility index (Phi) is 9.76. The summed E-state index contributed by atoms with van der Waals surface area (Å²) in [5.74, 6) is 0.129. The van der Waals surface area contributed by atoms with Crippen LogP contribution in [0.3, 0.4) is 0 Å². The third-order valence-corrected chi connectivity index (χ3v) is 4.50. The minimum absolute atomic E-state index is 0.0622. The number of anilines is 5. The number of carbonyl (C=O) groups is 2. The molecule has 0 spiro atoms. The van der Waals surface area contributed by atoms with E-state index in [-0.39, 0.29) is 18.4 Å². The summed E-state index contributed by atoms with van der Waals surface area (Å²) in [6.45, 7) is -0.547. The van der Waals surface area contributed by atoms with Crippen LogP contribution in [0.2, 0.25) is 0 Å². The summed E-state index contributed by atoms with van der Waals surface area (Å²) in [6.07, 6.45) is -1.19. The summed E-state index contributed by atoms with van der Waals surface area (Å²) >= 11 is 0. The molecule has 0 unspecified atom stereocenters. The lowest BCUT2D eigenvalue weighted by molar-refractivity contribution is -0.154. The molecule has 0 saturated carbocycles. The van der Waals surface area contributed by atoms with Gasteiger partial charge in [-0.3, -0.25) is 0 Å². The Balaban J connectivity index is 1.65. The van der Waals surface area contributed by atoms with Gasteiger partial charge in [-0.25, -0.2) is 19.6 Å². The lowest BCUT2D eigenvalue weighted by Crippen LogP contribution is -2.30. The fraction of sp³-hybridized carbons (Fsp3) is 0.286. The number of halogens is 3. The van der Waals surface area contributed by atoms with Crippen LogP contribution in [0, 0.1) is 0 Å². The maximum absolute atomic E-state index is 12.7. The molecule has 0 aliphatic rings. The van der Waals surface area contributed by atoms with Crippen LogP contribution in [-0.2, 0) is 6.54 Å². The Morgan fingerprint density at radius 1 is 0.846 bits per heavy atom. The van der Waals surface area contributed by atoms with Crippen LogP contribution < -0.4 is 42.8 Å². The van der Waals surface area contributed by atoms with Crippen LogP contribution >= 0.6 is 0 Å². The number of nitrogens with two attached hydrogens (primary N) is 2. The molecular weight excluding hydrogens is 525 g/mol. The van der Waals surface area contributed by atoms with Crippen molar-refractivity contribution in [3.05, 3.63) is 42.2 Å². The van der Waals surface area contributed by atoms with Crippen LogP contribution in [0.5, 0.6) is 6.01 Å². The first kappa shape index (κ1) is 28.4. The molecule has 39 heavy (non-hydrogen) atoms. The number of amides is 4. The molecule has 3 rings (SSSR count). The van der Waals surface area contributed by atoms with Crippen molar-refractivity contribution in [1.82, 2.24) is 30.2 Å². The Morgan fingerprint density at radius 3 is 2.18 bits per heavy atom. The molecule has 15 nitrogen and oxygen atoms in total. The zero-order valence-corrected chi connectivity index (χ0v) is 20.2. The van der Waals surface area contributed by atoms with Gasteiger partial charge in [0.05, 0.1) is 18.1 Å². The Hall–Kier alpha value is -5.16. The monoisotopic (exact) mass is 550 g/mol. The van der Waals surface area contributed by atoms with Crippen molar-refractivity contribution in [2.75, 3.05) is 41.0 Å². The van der Waals surface area contributed by atoms with E-state index in [1.807, 2.05) is 0 Å². The maximum Gasteiger partial charge on any atom is 0.422 e. The standard InChI is InChI=1S/C21H25F3N12O3/c22-21(23,24)11-39-20-35-18(29-8-12-2-4-13(5-3-12)32-16(26)38)34-19(36-20)33-14-9-30-17(31-10-14)28-7-1-6-27-15(25)37/h2-5,9-10H,1,6-8,11H2,(H3,25,27,37)(H3,26,32,38)(H,28,30,31)(H2,29,33,34,35,36). The zero-order valence-electron chi connectivity index (χ0n) is 20.2. The summed E-state index contributed by atoms with van der Waals surface area (Å²) < 4.78 is 42.7. The second-order valence-corrected chi connectivity index (χ2v) is 7.70. The van der Waals surface area contributed by atoms with Crippen LogP contribution in [0.1, 0.15) is 12.0 Å². The van der Waals surface area contributed by atoms with Gasteiger partial charge in [-0.1, -0.05) is 12.1 Å². The van der Waals surface area contributed by atoms with Crippen molar-refractivity contribution in [2.45, 2.75) is 19.1 Å². The minimum Gasteiger partial charge on any atom is -0.454 e. The quantitative estimate of drug-likeness (QED) is 0.152. The first-order valence-corrected chi connectivity index (χ1v) is 11.3. The van der Waals surface area contributed by atoms with Gasteiger partial charge in [0.2, 0.25) is 17.8 Å².